The molecule has 0 fully saturated rings. The van der Waals surface area contributed by atoms with Crippen LogP contribution in [0.4, 0.5) is 0 Å². The van der Waals surface area contributed by atoms with E-state index in [1.807, 2.05) is 60.7 Å². The minimum absolute atomic E-state index is 0.734. The van der Waals surface area contributed by atoms with Crippen molar-refractivity contribution in [2.24, 2.45) is 0 Å². The Labute approximate surface area is 144 Å². The fourth-order valence-corrected chi connectivity index (χ4v) is 2.90. The number of benzene rings is 2. The molecule has 1 aromatic heterocycles. The van der Waals surface area contributed by atoms with E-state index in [-0.39, 0.29) is 0 Å². The van der Waals surface area contributed by atoms with Gasteiger partial charge in [0.05, 0.1) is 8.98 Å². The molecule has 3 aromatic rings. The zero-order valence-corrected chi connectivity index (χ0v) is 14.8. The van der Waals surface area contributed by atoms with E-state index in [0.29, 0.717) is 0 Å². The molecule has 1 heterocycles. The molecule has 0 radical (unpaired) electrons. The van der Waals surface area contributed by atoms with Crippen molar-refractivity contribution in [3.05, 3.63) is 74.1 Å². The molecular formula is C17H10Br2OS. The molecule has 0 unspecified atom stereocenters. The molecule has 0 bridgehead atoms. The van der Waals surface area contributed by atoms with Crippen molar-refractivity contribution in [3.8, 4) is 22.6 Å². The number of halogens is 2. The molecule has 2 aromatic carbocycles. The van der Waals surface area contributed by atoms with Gasteiger partial charge in [-0.2, -0.15) is 0 Å². The fraction of sp³-hybridized carbons (Fsp3) is 0. The quantitative estimate of drug-likeness (QED) is 0.419. The monoisotopic (exact) mass is 420 g/mol. The van der Waals surface area contributed by atoms with E-state index >= 15 is 0 Å². The molecule has 0 aliphatic carbocycles. The standard InChI is InChI=1S/C17H10Br2OS/c18-13-8-6-12(7-9-13)17-16(19)15(21)10-14(20-17)11-4-2-1-3-5-11/h1-10H. The first kappa shape index (κ1) is 14.7. The highest BCUT2D eigenvalue weighted by atomic mass is 79.9. The van der Waals surface area contributed by atoms with Crippen LogP contribution in [0.25, 0.3) is 22.6 Å². The molecule has 0 spiro atoms. The maximum atomic E-state index is 6.07. The van der Waals surface area contributed by atoms with Crippen LogP contribution < -0.4 is 0 Å². The van der Waals surface area contributed by atoms with Crippen LogP contribution in [0.15, 0.2) is 74.0 Å². The SMILES string of the molecule is S=c1cc(-c2ccccc2)oc(-c2ccc(Br)cc2)c1Br. The molecule has 0 aliphatic rings. The van der Waals surface area contributed by atoms with Crippen LogP contribution in [0.1, 0.15) is 0 Å². The van der Waals surface area contributed by atoms with Gasteiger partial charge in [-0.05, 0) is 28.1 Å². The Balaban J connectivity index is 2.19. The fourth-order valence-electron chi connectivity index (χ4n) is 2.01. The Morgan fingerprint density at radius 3 is 2.14 bits per heavy atom. The summed E-state index contributed by atoms with van der Waals surface area (Å²) in [4.78, 5) is 0. The molecule has 0 N–H and O–H groups in total. The lowest BCUT2D eigenvalue weighted by Gasteiger charge is -2.08. The zero-order valence-electron chi connectivity index (χ0n) is 10.8. The van der Waals surface area contributed by atoms with Gasteiger partial charge >= 0.3 is 0 Å². The molecule has 0 aliphatic heterocycles. The summed E-state index contributed by atoms with van der Waals surface area (Å²) in [6.45, 7) is 0. The van der Waals surface area contributed by atoms with E-state index in [4.69, 9.17) is 16.6 Å². The van der Waals surface area contributed by atoms with Crippen LogP contribution in [0, 0.1) is 4.51 Å². The molecule has 1 nitrogen and oxygen atoms in total. The van der Waals surface area contributed by atoms with Gasteiger partial charge in [-0.3, -0.25) is 0 Å². The Hall–Kier alpha value is -1.23. The first-order chi connectivity index (χ1) is 10.1. The van der Waals surface area contributed by atoms with Crippen LogP contribution in [0.5, 0.6) is 0 Å². The summed E-state index contributed by atoms with van der Waals surface area (Å²) in [5, 5.41) is 0. The van der Waals surface area contributed by atoms with Gasteiger partial charge in [0, 0.05) is 21.7 Å². The maximum absolute atomic E-state index is 6.07. The van der Waals surface area contributed by atoms with E-state index in [2.05, 4.69) is 31.9 Å². The van der Waals surface area contributed by atoms with Gasteiger partial charge < -0.3 is 4.42 Å². The lowest BCUT2D eigenvalue weighted by atomic mass is 10.1. The molecule has 0 atom stereocenters. The summed E-state index contributed by atoms with van der Waals surface area (Å²) < 4.78 is 8.64. The zero-order chi connectivity index (χ0) is 14.8. The summed E-state index contributed by atoms with van der Waals surface area (Å²) in [5.41, 5.74) is 1.99. The van der Waals surface area contributed by atoms with Gasteiger partial charge in [0.1, 0.15) is 11.5 Å². The third-order valence-electron chi connectivity index (χ3n) is 3.05. The number of hydrogen-bond acceptors (Lipinski definition) is 2. The summed E-state index contributed by atoms with van der Waals surface area (Å²) in [5.74, 6) is 1.51. The van der Waals surface area contributed by atoms with Crippen molar-refractivity contribution in [3.63, 3.8) is 0 Å². The first-order valence-corrected chi connectivity index (χ1v) is 8.29. The van der Waals surface area contributed by atoms with Gasteiger partial charge in [0.15, 0.2) is 0 Å². The van der Waals surface area contributed by atoms with Crippen molar-refractivity contribution in [1.82, 2.24) is 0 Å². The van der Waals surface area contributed by atoms with E-state index in [0.717, 1.165) is 36.1 Å². The van der Waals surface area contributed by atoms with Gasteiger partial charge in [-0.15, -0.1) is 0 Å². The van der Waals surface area contributed by atoms with Crippen LogP contribution in [-0.2, 0) is 0 Å². The third-order valence-corrected chi connectivity index (χ3v) is 4.95. The average molecular weight is 422 g/mol. The second kappa shape index (κ2) is 6.26. The highest BCUT2D eigenvalue weighted by Crippen LogP contribution is 2.34. The Kier molecular flexibility index (Phi) is 4.38. The lowest BCUT2D eigenvalue weighted by Crippen LogP contribution is -1.85. The van der Waals surface area contributed by atoms with Crippen molar-refractivity contribution < 1.29 is 4.42 Å². The van der Waals surface area contributed by atoms with Gasteiger partial charge in [-0.1, -0.05) is 70.6 Å². The van der Waals surface area contributed by atoms with E-state index in [9.17, 15) is 0 Å². The van der Waals surface area contributed by atoms with Crippen molar-refractivity contribution in [2.75, 3.05) is 0 Å². The molecule has 0 saturated carbocycles. The van der Waals surface area contributed by atoms with Gasteiger partial charge in [0.2, 0.25) is 0 Å². The molecule has 0 amide bonds. The largest absolute Gasteiger partial charge is 0.455 e. The smallest absolute Gasteiger partial charge is 0.150 e. The van der Waals surface area contributed by atoms with E-state index in [1.165, 1.54) is 0 Å². The maximum Gasteiger partial charge on any atom is 0.150 e. The molecule has 0 saturated heterocycles. The Bertz CT molecular complexity index is 824. The molecule has 4 heteroatoms. The third kappa shape index (κ3) is 3.18. The molecule has 21 heavy (non-hydrogen) atoms. The highest BCUT2D eigenvalue weighted by molar-refractivity contribution is 9.10. The van der Waals surface area contributed by atoms with Crippen molar-refractivity contribution in [1.29, 1.82) is 0 Å². The Morgan fingerprint density at radius 1 is 0.810 bits per heavy atom. The van der Waals surface area contributed by atoms with E-state index < -0.39 is 0 Å². The predicted molar refractivity (Wildman–Crippen MR) is 95.8 cm³/mol. The van der Waals surface area contributed by atoms with Crippen LogP contribution in [0.3, 0.4) is 0 Å². The second-order valence-corrected chi connectivity index (χ2v) is 6.64. The summed E-state index contributed by atoms with van der Waals surface area (Å²) >= 11 is 12.4. The summed E-state index contributed by atoms with van der Waals surface area (Å²) in [6, 6.07) is 19.8. The van der Waals surface area contributed by atoms with Crippen LogP contribution in [0.2, 0.25) is 0 Å². The van der Waals surface area contributed by atoms with Crippen molar-refractivity contribution in [2.45, 2.75) is 0 Å². The van der Waals surface area contributed by atoms with Gasteiger partial charge in [0.25, 0.3) is 0 Å². The lowest BCUT2D eigenvalue weighted by molar-refractivity contribution is 0.578. The van der Waals surface area contributed by atoms with Crippen molar-refractivity contribution >= 4 is 44.1 Å². The number of rotatable bonds is 2. The normalized spacial score (nSPS) is 10.6. The predicted octanol–water partition coefficient (Wildman–Crippen LogP) is 6.87. The summed E-state index contributed by atoms with van der Waals surface area (Å²) in [6.07, 6.45) is 0. The van der Waals surface area contributed by atoms with E-state index in [1.54, 1.807) is 0 Å². The number of hydrogen-bond donors (Lipinski definition) is 0. The topological polar surface area (TPSA) is 13.1 Å². The molecule has 3 rings (SSSR count). The van der Waals surface area contributed by atoms with Gasteiger partial charge in [-0.25, -0.2) is 0 Å². The molecular weight excluding hydrogens is 412 g/mol. The van der Waals surface area contributed by atoms with Crippen LogP contribution in [-0.4, -0.2) is 0 Å². The second-order valence-electron chi connectivity index (χ2n) is 4.49. The van der Waals surface area contributed by atoms with Crippen LogP contribution >= 0.6 is 44.1 Å². The molecule has 104 valence electrons. The highest BCUT2D eigenvalue weighted by Gasteiger charge is 2.11. The minimum atomic E-state index is 0.734. The minimum Gasteiger partial charge on any atom is -0.455 e. The average Bonchev–Trinajstić information content (AvgIpc) is 2.52. The summed E-state index contributed by atoms with van der Waals surface area (Å²) in [7, 11) is 0. The Morgan fingerprint density at radius 2 is 1.48 bits per heavy atom. The first-order valence-electron chi connectivity index (χ1n) is 6.30.